The van der Waals surface area contributed by atoms with Gasteiger partial charge in [-0.25, -0.2) is 9.67 Å². The zero-order valence-corrected chi connectivity index (χ0v) is 10.8. The van der Waals surface area contributed by atoms with E-state index in [1.165, 1.54) is 0 Å². The van der Waals surface area contributed by atoms with Crippen molar-refractivity contribution in [3.8, 4) is 0 Å². The molecule has 1 rings (SSSR count). The highest BCUT2D eigenvalue weighted by Crippen LogP contribution is 2.04. The summed E-state index contributed by atoms with van der Waals surface area (Å²) in [6, 6.07) is 0.373. The van der Waals surface area contributed by atoms with Crippen molar-refractivity contribution in [2.75, 3.05) is 26.7 Å². The second-order valence-electron chi connectivity index (χ2n) is 4.29. The van der Waals surface area contributed by atoms with Crippen molar-refractivity contribution in [3.63, 3.8) is 0 Å². The van der Waals surface area contributed by atoms with Crippen LogP contribution in [-0.2, 0) is 6.54 Å². The molecule has 5 nitrogen and oxygen atoms in total. The van der Waals surface area contributed by atoms with E-state index in [-0.39, 0.29) is 0 Å². The molecule has 0 aliphatic rings. The summed E-state index contributed by atoms with van der Waals surface area (Å²) >= 11 is 0. The summed E-state index contributed by atoms with van der Waals surface area (Å²) in [5.74, 6) is 1.01. The van der Waals surface area contributed by atoms with Crippen molar-refractivity contribution in [2.24, 2.45) is 0 Å². The Hall–Kier alpha value is -0.940. The van der Waals surface area contributed by atoms with Gasteiger partial charge >= 0.3 is 0 Å². The Morgan fingerprint density at radius 1 is 1.50 bits per heavy atom. The summed E-state index contributed by atoms with van der Waals surface area (Å²) in [6.07, 6.45) is 1.62. The van der Waals surface area contributed by atoms with Crippen LogP contribution in [0, 0.1) is 0 Å². The lowest BCUT2D eigenvalue weighted by Gasteiger charge is -2.14. The lowest BCUT2D eigenvalue weighted by atomic mass is 10.4. The van der Waals surface area contributed by atoms with Crippen LogP contribution in [-0.4, -0.2) is 46.3 Å². The zero-order chi connectivity index (χ0) is 12.0. The monoisotopic (exact) mass is 225 g/mol. The molecule has 0 atom stereocenters. The first-order valence-electron chi connectivity index (χ1n) is 5.92. The average molecular weight is 225 g/mol. The van der Waals surface area contributed by atoms with Crippen LogP contribution in [0.5, 0.6) is 0 Å². The van der Waals surface area contributed by atoms with Crippen molar-refractivity contribution in [2.45, 2.75) is 33.4 Å². The molecule has 0 unspecified atom stereocenters. The Morgan fingerprint density at radius 2 is 2.25 bits per heavy atom. The molecular weight excluding hydrogens is 202 g/mol. The van der Waals surface area contributed by atoms with Gasteiger partial charge in [0.1, 0.15) is 12.2 Å². The van der Waals surface area contributed by atoms with E-state index in [0.717, 1.165) is 32.0 Å². The Balaban J connectivity index is 2.29. The molecule has 0 spiro atoms. The summed E-state index contributed by atoms with van der Waals surface area (Å²) in [6.45, 7) is 10.3. The van der Waals surface area contributed by atoms with Gasteiger partial charge in [-0.1, -0.05) is 6.92 Å². The summed E-state index contributed by atoms with van der Waals surface area (Å²) in [5.41, 5.74) is 0. The first-order valence-corrected chi connectivity index (χ1v) is 5.92. The van der Waals surface area contributed by atoms with E-state index in [0.29, 0.717) is 6.04 Å². The summed E-state index contributed by atoms with van der Waals surface area (Å²) in [7, 11) is 2.12. The lowest BCUT2D eigenvalue weighted by Crippen LogP contribution is -2.29. The van der Waals surface area contributed by atoms with Crippen LogP contribution in [0.25, 0.3) is 0 Å². The van der Waals surface area contributed by atoms with Gasteiger partial charge in [0.15, 0.2) is 0 Å². The topological polar surface area (TPSA) is 46.0 Å². The molecule has 16 heavy (non-hydrogen) atoms. The van der Waals surface area contributed by atoms with Crippen molar-refractivity contribution in [1.82, 2.24) is 25.0 Å². The van der Waals surface area contributed by atoms with Crippen LogP contribution in [0.2, 0.25) is 0 Å². The SMILES string of the molecule is CCN(C)CCNCc1ncnn1C(C)C. The molecule has 0 aliphatic heterocycles. The first kappa shape index (κ1) is 13.1. The maximum absolute atomic E-state index is 4.25. The third-order valence-corrected chi connectivity index (χ3v) is 2.63. The Labute approximate surface area is 97.9 Å². The minimum atomic E-state index is 0.373. The third kappa shape index (κ3) is 3.90. The van der Waals surface area contributed by atoms with Gasteiger partial charge in [0, 0.05) is 19.1 Å². The Morgan fingerprint density at radius 3 is 2.88 bits per heavy atom. The molecule has 1 aromatic heterocycles. The Bertz CT molecular complexity index is 294. The second kappa shape index (κ2) is 6.60. The number of rotatable bonds is 7. The number of likely N-dealkylation sites (N-methyl/N-ethyl adjacent to an activating group) is 1. The standard InChI is InChI=1S/C11H23N5/c1-5-15(4)7-6-12-8-11-13-9-14-16(11)10(2)3/h9-10,12H,5-8H2,1-4H3. The number of hydrogen-bond donors (Lipinski definition) is 1. The highest BCUT2D eigenvalue weighted by atomic mass is 15.4. The van der Waals surface area contributed by atoms with Crippen molar-refractivity contribution < 1.29 is 0 Å². The normalized spacial score (nSPS) is 11.6. The minimum Gasteiger partial charge on any atom is -0.309 e. The van der Waals surface area contributed by atoms with Gasteiger partial charge in [-0.15, -0.1) is 0 Å². The molecule has 1 N–H and O–H groups in total. The van der Waals surface area contributed by atoms with Crippen LogP contribution < -0.4 is 5.32 Å². The van der Waals surface area contributed by atoms with Gasteiger partial charge in [-0.05, 0) is 27.4 Å². The molecule has 92 valence electrons. The van der Waals surface area contributed by atoms with E-state index in [9.17, 15) is 0 Å². The van der Waals surface area contributed by atoms with Crippen molar-refractivity contribution in [3.05, 3.63) is 12.2 Å². The molecule has 0 bridgehead atoms. The van der Waals surface area contributed by atoms with Crippen LogP contribution in [0.1, 0.15) is 32.6 Å². The molecule has 0 aromatic carbocycles. The predicted octanol–water partition coefficient (Wildman–Crippen LogP) is 0.900. The number of aromatic nitrogens is 3. The average Bonchev–Trinajstić information content (AvgIpc) is 2.72. The maximum atomic E-state index is 4.25. The molecule has 0 radical (unpaired) electrons. The van der Waals surface area contributed by atoms with E-state index >= 15 is 0 Å². The van der Waals surface area contributed by atoms with Crippen LogP contribution in [0.4, 0.5) is 0 Å². The number of nitrogens with one attached hydrogen (secondary N) is 1. The molecule has 5 heteroatoms. The molecule has 1 heterocycles. The van der Waals surface area contributed by atoms with Gasteiger partial charge in [0.2, 0.25) is 0 Å². The molecular formula is C11H23N5. The summed E-state index contributed by atoms with van der Waals surface area (Å²) in [4.78, 5) is 6.53. The van der Waals surface area contributed by atoms with E-state index in [4.69, 9.17) is 0 Å². The number of hydrogen-bond acceptors (Lipinski definition) is 4. The van der Waals surface area contributed by atoms with Gasteiger partial charge in [-0.2, -0.15) is 5.10 Å². The summed E-state index contributed by atoms with van der Waals surface area (Å²) < 4.78 is 1.95. The van der Waals surface area contributed by atoms with Crippen LogP contribution in [0.15, 0.2) is 6.33 Å². The van der Waals surface area contributed by atoms with Crippen LogP contribution in [0.3, 0.4) is 0 Å². The van der Waals surface area contributed by atoms with Gasteiger partial charge in [-0.3, -0.25) is 0 Å². The van der Waals surface area contributed by atoms with E-state index < -0.39 is 0 Å². The quantitative estimate of drug-likeness (QED) is 0.700. The van der Waals surface area contributed by atoms with Crippen LogP contribution >= 0.6 is 0 Å². The molecule has 0 amide bonds. The molecule has 0 aliphatic carbocycles. The Kier molecular flexibility index (Phi) is 5.42. The van der Waals surface area contributed by atoms with E-state index in [1.807, 2.05) is 4.68 Å². The molecule has 0 fully saturated rings. The fourth-order valence-electron chi connectivity index (χ4n) is 1.46. The van der Waals surface area contributed by atoms with E-state index in [1.54, 1.807) is 6.33 Å². The third-order valence-electron chi connectivity index (χ3n) is 2.63. The van der Waals surface area contributed by atoms with Gasteiger partial charge < -0.3 is 10.2 Å². The molecule has 1 aromatic rings. The van der Waals surface area contributed by atoms with Crippen molar-refractivity contribution >= 4 is 0 Å². The lowest BCUT2D eigenvalue weighted by molar-refractivity contribution is 0.347. The maximum Gasteiger partial charge on any atom is 0.141 e. The minimum absolute atomic E-state index is 0.373. The highest BCUT2D eigenvalue weighted by Gasteiger charge is 2.06. The van der Waals surface area contributed by atoms with E-state index in [2.05, 4.69) is 48.1 Å². The fourth-order valence-corrected chi connectivity index (χ4v) is 1.46. The largest absolute Gasteiger partial charge is 0.309 e. The second-order valence-corrected chi connectivity index (χ2v) is 4.29. The van der Waals surface area contributed by atoms with Gasteiger partial charge in [0.25, 0.3) is 0 Å². The summed E-state index contributed by atoms with van der Waals surface area (Å²) in [5, 5.41) is 7.58. The number of nitrogens with zero attached hydrogens (tertiary/aromatic N) is 4. The predicted molar refractivity (Wildman–Crippen MR) is 65.3 cm³/mol. The highest BCUT2D eigenvalue weighted by molar-refractivity contribution is 4.85. The molecule has 0 saturated heterocycles. The fraction of sp³-hybridized carbons (Fsp3) is 0.818. The molecule has 0 saturated carbocycles. The zero-order valence-electron chi connectivity index (χ0n) is 10.8. The smallest absolute Gasteiger partial charge is 0.141 e. The van der Waals surface area contributed by atoms with Gasteiger partial charge in [0.05, 0.1) is 6.54 Å². The first-order chi connectivity index (χ1) is 7.65. The van der Waals surface area contributed by atoms with Crippen molar-refractivity contribution in [1.29, 1.82) is 0 Å².